The van der Waals surface area contributed by atoms with Crippen molar-refractivity contribution in [2.24, 2.45) is 0 Å². The molecule has 2 fully saturated rings. The number of amides is 1. The van der Waals surface area contributed by atoms with E-state index in [0.717, 1.165) is 49.8 Å². The second-order valence-electron chi connectivity index (χ2n) is 8.77. The van der Waals surface area contributed by atoms with Gasteiger partial charge in [-0.05, 0) is 61.6 Å². The number of benzene rings is 2. The molecule has 2 aromatic rings. The molecule has 1 heterocycles. The largest absolute Gasteiger partial charge is 0.497 e. The summed E-state index contributed by atoms with van der Waals surface area (Å²) >= 11 is 0. The number of carbonyl (C=O) groups is 1. The van der Waals surface area contributed by atoms with E-state index in [0.29, 0.717) is 12.1 Å². The molecule has 1 unspecified atom stereocenters. The highest BCUT2D eigenvalue weighted by Crippen LogP contribution is 2.35. The SMILES string of the molecule is COc1cccc(C2CCCN2C(=O)c2cccc(S(=O)(=O)N(C)C3CCCCC3)c2)c1. The highest BCUT2D eigenvalue weighted by molar-refractivity contribution is 7.89. The van der Waals surface area contributed by atoms with Gasteiger partial charge in [-0.2, -0.15) is 4.31 Å². The zero-order valence-electron chi connectivity index (χ0n) is 18.9. The molecule has 4 rings (SSSR count). The van der Waals surface area contributed by atoms with Gasteiger partial charge in [0, 0.05) is 25.2 Å². The van der Waals surface area contributed by atoms with Crippen LogP contribution in [0.2, 0.25) is 0 Å². The molecule has 6 nitrogen and oxygen atoms in total. The van der Waals surface area contributed by atoms with Gasteiger partial charge < -0.3 is 9.64 Å². The Morgan fingerprint density at radius 3 is 2.50 bits per heavy atom. The highest BCUT2D eigenvalue weighted by atomic mass is 32.2. The Balaban J connectivity index is 1.57. The van der Waals surface area contributed by atoms with Crippen molar-refractivity contribution in [3.8, 4) is 5.75 Å². The summed E-state index contributed by atoms with van der Waals surface area (Å²) in [7, 11) is -0.349. The Bertz CT molecular complexity index is 1060. The summed E-state index contributed by atoms with van der Waals surface area (Å²) in [5.41, 5.74) is 1.45. The van der Waals surface area contributed by atoms with Gasteiger partial charge in [-0.3, -0.25) is 4.79 Å². The number of nitrogens with zero attached hydrogens (tertiary/aromatic N) is 2. The fraction of sp³-hybridized carbons (Fsp3) is 0.480. The summed E-state index contributed by atoms with van der Waals surface area (Å²) in [5, 5.41) is 0. The molecule has 2 aromatic carbocycles. The first-order chi connectivity index (χ1) is 15.4. The maximum Gasteiger partial charge on any atom is 0.254 e. The molecule has 0 radical (unpaired) electrons. The number of methoxy groups -OCH3 is 1. The lowest BCUT2D eigenvalue weighted by Crippen LogP contribution is -2.38. The first-order valence-corrected chi connectivity index (χ1v) is 12.9. The summed E-state index contributed by atoms with van der Waals surface area (Å²) in [6.45, 7) is 0.652. The predicted octanol–water partition coefficient (Wildman–Crippen LogP) is 4.63. The average molecular weight is 457 g/mol. The van der Waals surface area contributed by atoms with Crippen LogP contribution in [-0.2, 0) is 10.0 Å². The van der Waals surface area contributed by atoms with E-state index in [1.165, 1.54) is 16.8 Å². The van der Waals surface area contributed by atoms with Crippen LogP contribution < -0.4 is 4.74 Å². The smallest absolute Gasteiger partial charge is 0.254 e. The number of hydrogen-bond donors (Lipinski definition) is 0. The molecule has 7 heteroatoms. The van der Waals surface area contributed by atoms with Crippen LogP contribution in [0.25, 0.3) is 0 Å². The second kappa shape index (κ2) is 9.63. The van der Waals surface area contributed by atoms with E-state index in [9.17, 15) is 13.2 Å². The second-order valence-corrected chi connectivity index (χ2v) is 10.8. The van der Waals surface area contributed by atoms with Crippen LogP contribution in [0.5, 0.6) is 5.75 Å². The normalized spacial score (nSPS) is 20.0. The van der Waals surface area contributed by atoms with Crippen LogP contribution >= 0.6 is 0 Å². The lowest BCUT2D eigenvalue weighted by atomic mass is 9.96. The zero-order valence-corrected chi connectivity index (χ0v) is 19.7. The fourth-order valence-corrected chi connectivity index (χ4v) is 6.43. The van der Waals surface area contributed by atoms with Crippen LogP contribution in [0.3, 0.4) is 0 Å². The van der Waals surface area contributed by atoms with Crippen molar-refractivity contribution >= 4 is 15.9 Å². The lowest BCUT2D eigenvalue weighted by molar-refractivity contribution is 0.0735. The van der Waals surface area contributed by atoms with Crippen molar-refractivity contribution in [1.29, 1.82) is 0 Å². The Morgan fingerprint density at radius 1 is 1.00 bits per heavy atom. The van der Waals surface area contributed by atoms with Crippen LogP contribution in [0.1, 0.15) is 66.9 Å². The van der Waals surface area contributed by atoms with Gasteiger partial charge >= 0.3 is 0 Å². The molecule has 32 heavy (non-hydrogen) atoms. The molecule has 1 aliphatic heterocycles. The molecule has 1 atom stereocenters. The molecule has 1 saturated heterocycles. The monoisotopic (exact) mass is 456 g/mol. The molecule has 1 amide bonds. The van der Waals surface area contributed by atoms with Gasteiger partial charge in [0.05, 0.1) is 18.0 Å². The summed E-state index contributed by atoms with van der Waals surface area (Å²) in [5.74, 6) is 0.633. The number of ether oxygens (including phenoxy) is 1. The number of sulfonamides is 1. The van der Waals surface area contributed by atoms with Gasteiger partial charge in [-0.15, -0.1) is 0 Å². The van der Waals surface area contributed by atoms with Gasteiger partial charge in [0.15, 0.2) is 0 Å². The van der Waals surface area contributed by atoms with E-state index in [4.69, 9.17) is 4.74 Å². The van der Waals surface area contributed by atoms with E-state index < -0.39 is 10.0 Å². The summed E-state index contributed by atoms with van der Waals surface area (Å²) in [6.07, 6.45) is 6.86. The molecular formula is C25H32N2O4S. The van der Waals surface area contributed by atoms with Crippen LogP contribution in [0, 0.1) is 0 Å². The maximum atomic E-state index is 13.4. The van der Waals surface area contributed by atoms with Crippen LogP contribution in [0.15, 0.2) is 53.4 Å². The first-order valence-electron chi connectivity index (χ1n) is 11.4. The molecule has 1 saturated carbocycles. The third kappa shape index (κ3) is 4.55. The van der Waals surface area contributed by atoms with E-state index in [-0.39, 0.29) is 22.9 Å². The molecule has 0 N–H and O–H groups in total. The van der Waals surface area contributed by atoms with Gasteiger partial charge in [0.25, 0.3) is 5.91 Å². The number of hydrogen-bond acceptors (Lipinski definition) is 4. The van der Waals surface area contributed by atoms with Gasteiger partial charge in [-0.25, -0.2) is 8.42 Å². The van der Waals surface area contributed by atoms with Gasteiger partial charge in [0.2, 0.25) is 10.0 Å². The molecule has 1 aliphatic carbocycles. The Labute approximate surface area is 191 Å². The third-order valence-corrected chi connectivity index (χ3v) is 8.75. The third-order valence-electron chi connectivity index (χ3n) is 6.84. The summed E-state index contributed by atoms with van der Waals surface area (Å²) in [4.78, 5) is 15.5. The number of likely N-dealkylation sites (tertiary alicyclic amines) is 1. The Morgan fingerprint density at radius 2 is 1.75 bits per heavy atom. The minimum atomic E-state index is -3.65. The fourth-order valence-electron chi connectivity index (χ4n) is 4.97. The number of carbonyl (C=O) groups excluding carboxylic acids is 1. The maximum absolute atomic E-state index is 13.4. The average Bonchev–Trinajstić information content (AvgIpc) is 3.34. The molecule has 0 bridgehead atoms. The van der Waals surface area contributed by atoms with Gasteiger partial charge in [-0.1, -0.05) is 37.5 Å². The van der Waals surface area contributed by atoms with Crippen molar-refractivity contribution in [2.45, 2.75) is 61.9 Å². The van der Waals surface area contributed by atoms with Crippen molar-refractivity contribution in [3.05, 3.63) is 59.7 Å². The van der Waals surface area contributed by atoms with Crippen molar-refractivity contribution in [2.75, 3.05) is 20.7 Å². The quantitative estimate of drug-likeness (QED) is 0.636. The summed E-state index contributed by atoms with van der Waals surface area (Å²) < 4.78 is 33.4. The molecule has 0 spiro atoms. The van der Waals surface area contributed by atoms with Crippen molar-refractivity contribution in [3.63, 3.8) is 0 Å². The van der Waals surface area contributed by atoms with Crippen LogP contribution in [0.4, 0.5) is 0 Å². The van der Waals surface area contributed by atoms with E-state index >= 15 is 0 Å². The van der Waals surface area contributed by atoms with E-state index in [1.807, 2.05) is 29.2 Å². The molecule has 2 aliphatic rings. The summed E-state index contributed by atoms with van der Waals surface area (Å²) in [6, 6.07) is 14.3. The molecular weight excluding hydrogens is 424 g/mol. The van der Waals surface area contributed by atoms with E-state index in [1.54, 1.807) is 32.4 Å². The van der Waals surface area contributed by atoms with Gasteiger partial charge in [0.1, 0.15) is 5.75 Å². The number of rotatable bonds is 6. The molecule has 172 valence electrons. The minimum absolute atomic E-state index is 0.0316. The minimum Gasteiger partial charge on any atom is -0.497 e. The van der Waals surface area contributed by atoms with Crippen molar-refractivity contribution < 1.29 is 17.9 Å². The Kier molecular flexibility index (Phi) is 6.86. The van der Waals surface area contributed by atoms with Crippen LogP contribution in [-0.4, -0.2) is 50.3 Å². The highest BCUT2D eigenvalue weighted by Gasteiger charge is 2.33. The van der Waals surface area contributed by atoms with E-state index in [2.05, 4.69) is 0 Å². The lowest BCUT2D eigenvalue weighted by Gasteiger charge is -2.30. The first kappa shape index (κ1) is 22.8. The topological polar surface area (TPSA) is 66.9 Å². The zero-order chi connectivity index (χ0) is 22.7. The van der Waals surface area contributed by atoms with Crippen molar-refractivity contribution in [1.82, 2.24) is 9.21 Å². The predicted molar refractivity (Wildman–Crippen MR) is 124 cm³/mol. The Hall–Kier alpha value is -2.38. The standard InChI is InChI=1S/C25H32N2O4S/c1-26(21-11-4-3-5-12-21)32(29,30)23-14-7-10-20(18-23)25(28)27-16-8-15-24(27)19-9-6-13-22(17-19)31-2/h6-7,9-10,13-14,17-18,21,24H,3-5,8,11-12,15-16H2,1-2H3. The molecule has 0 aromatic heterocycles.